The maximum Gasteiger partial charge on any atom is 0.222 e. The third-order valence-electron chi connectivity index (χ3n) is 4.72. The number of aryl methyl sites for hydroxylation is 1. The van der Waals surface area contributed by atoms with Crippen molar-refractivity contribution < 1.29 is 9.53 Å². The van der Waals surface area contributed by atoms with Crippen LogP contribution in [0.1, 0.15) is 31.2 Å². The topological polar surface area (TPSA) is 41.6 Å². The lowest BCUT2D eigenvalue weighted by Crippen LogP contribution is -2.39. The first-order valence-corrected chi connectivity index (χ1v) is 8.81. The number of likely N-dealkylation sites (tertiary alicyclic amines) is 1. The van der Waals surface area contributed by atoms with Gasteiger partial charge in [-0.05, 0) is 59.3 Å². The van der Waals surface area contributed by atoms with Crippen molar-refractivity contribution in [3.05, 3.63) is 28.2 Å². The summed E-state index contributed by atoms with van der Waals surface area (Å²) in [6.45, 7) is 1.78. The van der Waals surface area contributed by atoms with Crippen molar-refractivity contribution in [2.45, 2.75) is 44.2 Å². The quantitative estimate of drug-likeness (QED) is 0.890. The Bertz CT molecular complexity index is 549. The van der Waals surface area contributed by atoms with E-state index in [1.54, 1.807) is 7.11 Å². The molecule has 22 heavy (non-hydrogen) atoms. The second-order valence-electron chi connectivity index (χ2n) is 6.24. The monoisotopic (exact) mass is 366 g/mol. The summed E-state index contributed by atoms with van der Waals surface area (Å²) in [6.07, 6.45) is 4.93. The molecule has 1 amide bonds. The number of nitrogens with zero attached hydrogens (tertiary/aromatic N) is 1. The molecular weight excluding hydrogens is 344 g/mol. The summed E-state index contributed by atoms with van der Waals surface area (Å²) in [6, 6.07) is 7.14. The molecule has 5 heteroatoms. The van der Waals surface area contributed by atoms with Crippen LogP contribution in [0.15, 0.2) is 22.7 Å². The van der Waals surface area contributed by atoms with E-state index in [4.69, 9.17) is 4.74 Å². The molecule has 0 radical (unpaired) electrons. The van der Waals surface area contributed by atoms with E-state index < -0.39 is 0 Å². The molecule has 120 valence electrons. The van der Waals surface area contributed by atoms with Crippen LogP contribution in [0.5, 0.6) is 5.75 Å². The van der Waals surface area contributed by atoms with E-state index >= 15 is 0 Å². The average molecular weight is 367 g/mol. The van der Waals surface area contributed by atoms with Gasteiger partial charge in [-0.1, -0.05) is 6.07 Å². The number of halogens is 1. The number of ether oxygens (including phenoxy) is 1. The molecular formula is C17H23BrN2O2. The van der Waals surface area contributed by atoms with Crippen LogP contribution in [0.2, 0.25) is 0 Å². The zero-order valence-corrected chi connectivity index (χ0v) is 14.6. The summed E-state index contributed by atoms with van der Waals surface area (Å²) < 4.78 is 6.17. The van der Waals surface area contributed by atoms with E-state index in [0.29, 0.717) is 18.5 Å². The second-order valence-corrected chi connectivity index (χ2v) is 7.09. The molecule has 0 spiro atoms. The Morgan fingerprint density at radius 3 is 2.95 bits per heavy atom. The van der Waals surface area contributed by atoms with Crippen LogP contribution in [0.25, 0.3) is 0 Å². The lowest BCUT2D eigenvalue weighted by molar-refractivity contribution is -0.131. The van der Waals surface area contributed by atoms with E-state index in [9.17, 15) is 4.79 Å². The normalized spacial score (nSPS) is 24.2. The minimum Gasteiger partial charge on any atom is -0.496 e. The molecule has 1 aromatic carbocycles. The molecule has 0 aromatic heterocycles. The number of amides is 1. The van der Waals surface area contributed by atoms with Gasteiger partial charge >= 0.3 is 0 Å². The average Bonchev–Trinajstić information content (AvgIpc) is 2.84. The first kappa shape index (κ1) is 15.8. The number of benzene rings is 1. The molecule has 2 bridgehead atoms. The summed E-state index contributed by atoms with van der Waals surface area (Å²) >= 11 is 3.49. The number of hydrogen-bond acceptors (Lipinski definition) is 3. The fourth-order valence-electron chi connectivity index (χ4n) is 3.44. The minimum atomic E-state index is 0.279. The highest BCUT2D eigenvalue weighted by molar-refractivity contribution is 9.10. The van der Waals surface area contributed by atoms with E-state index in [-0.39, 0.29) is 5.91 Å². The van der Waals surface area contributed by atoms with Gasteiger partial charge in [0.2, 0.25) is 5.91 Å². The Hall–Kier alpha value is -1.07. The maximum absolute atomic E-state index is 12.5. The van der Waals surface area contributed by atoms with Gasteiger partial charge in [0.1, 0.15) is 5.75 Å². The summed E-state index contributed by atoms with van der Waals surface area (Å²) in [5.41, 5.74) is 1.16. The molecule has 0 saturated carbocycles. The lowest BCUT2D eigenvalue weighted by Gasteiger charge is -2.24. The smallest absolute Gasteiger partial charge is 0.222 e. The number of carbonyl (C=O) groups is 1. The van der Waals surface area contributed by atoms with Crippen molar-refractivity contribution in [2.24, 2.45) is 0 Å². The number of fused-ring (bicyclic) bond motifs is 2. The molecule has 2 heterocycles. The Morgan fingerprint density at radius 1 is 1.36 bits per heavy atom. The molecule has 1 aromatic rings. The van der Waals surface area contributed by atoms with E-state index in [1.807, 2.05) is 18.2 Å². The molecule has 0 aliphatic carbocycles. The predicted octanol–water partition coefficient (Wildman–Crippen LogP) is 2.74. The fourth-order valence-corrected chi connectivity index (χ4v) is 4.03. The molecule has 2 aliphatic rings. The summed E-state index contributed by atoms with van der Waals surface area (Å²) in [4.78, 5) is 14.5. The van der Waals surface area contributed by atoms with Gasteiger partial charge in [0, 0.05) is 31.6 Å². The van der Waals surface area contributed by atoms with Crippen molar-refractivity contribution in [1.82, 2.24) is 10.2 Å². The number of rotatable bonds is 4. The van der Waals surface area contributed by atoms with Gasteiger partial charge in [-0.3, -0.25) is 4.79 Å². The third kappa shape index (κ3) is 3.63. The standard InChI is InChI=1S/C17H23BrN2O2/c1-22-16-6-2-12(10-15(16)18)3-7-17(21)20-9-8-13-4-5-14(11-20)19-13/h2,6,10,13-14,19H,3-5,7-9,11H2,1H3. The van der Waals surface area contributed by atoms with Crippen LogP contribution in [0, 0.1) is 0 Å². The van der Waals surface area contributed by atoms with E-state index in [2.05, 4.69) is 26.1 Å². The van der Waals surface area contributed by atoms with Crippen LogP contribution >= 0.6 is 15.9 Å². The minimum absolute atomic E-state index is 0.279. The van der Waals surface area contributed by atoms with Crippen LogP contribution in [-0.4, -0.2) is 43.1 Å². The number of hydrogen-bond donors (Lipinski definition) is 1. The van der Waals surface area contributed by atoms with Gasteiger partial charge < -0.3 is 15.0 Å². The lowest BCUT2D eigenvalue weighted by atomic mass is 10.1. The molecule has 2 aliphatic heterocycles. The number of carbonyl (C=O) groups excluding carboxylic acids is 1. The summed E-state index contributed by atoms with van der Waals surface area (Å²) in [7, 11) is 1.66. The SMILES string of the molecule is COc1ccc(CCC(=O)N2CCC3CCC(C2)N3)cc1Br. The van der Waals surface area contributed by atoms with Crippen molar-refractivity contribution in [2.75, 3.05) is 20.2 Å². The third-order valence-corrected chi connectivity index (χ3v) is 5.34. The van der Waals surface area contributed by atoms with Crippen LogP contribution in [0.4, 0.5) is 0 Å². The molecule has 1 N–H and O–H groups in total. The Labute approximate surface area is 140 Å². The Balaban J connectivity index is 1.54. The van der Waals surface area contributed by atoms with Crippen molar-refractivity contribution >= 4 is 21.8 Å². The highest BCUT2D eigenvalue weighted by atomic mass is 79.9. The molecule has 4 nitrogen and oxygen atoms in total. The Morgan fingerprint density at radius 2 is 2.18 bits per heavy atom. The summed E-state index contributed by atoms with van der Waals surface area (Å²) in [5.74, 6) is 1.10. The Kier molecular flexibility index (Phi) is 5.03. The number of methoxy groups -OCH3 is 1. The first-order valence-electron chi connectivity index (χ1n) is 8.02. The van der Waals surface area contributed by atoms with Crippen molar-refractivity contribution in [3.8, 4) is 5.75 Å². The highest BCUT2D eigenvalue weighted by Crippen LogP contribution is 2.26. The molecule has 2 atom stereocenters. The van der Waals surface area contributed by atoms with Gasteiger partial charge in [0.15, 0.2) is 0 Å². The van der Waals surface area contributed by atoms with Gasteiger partial charge in [-0.25, -0.2) is 0 Å². The zero-order valence-electron chi connectivity index (χ0n) is 13.0. The second kappa shape index (κ2) is 7.01. The van der Waals surface area contributed by atoms with Gasteiger partial charge in [0.05, 0.1) is 11.6 Å². The van der Waals surface area contributed by atoms with Gasteiger partial charge in [0.25, 0.3) is 0 Å². The van der Waals surface area contributed by atoms with E-state index in [1.165, 1.54) is 12.8 Å². The zero-order chi connectivity index (χ0) is 15.5. The van der Waals surface area contributed by atoms with E-state index in [0.717, 1.165) is 41.7 Å². The maximum atomic E-state index is 12.5. The predicted molar refractivity (Wildman–Crippen MR) is 90.2 cm³/mol. The summed E-state index contributed by atoms with van der Waals surface area (Å²) in [5, 5.41) is 3.62. The first-order chi connectivity index (χ1) is 10.7. The fraction of sp³-hybridized carbons (Fsp3) is 0.588. The number of nitrogens with one attached hydrogen (secondary N) is 1. The van der Waals surface area contributed by atoms with Crippen molar-refractivity contribution in [1.29, 1.82) is 0 Å². The van der Waals surface area contributed by atoms with Gasteiger partial charge in [-0.15, -0.1) is 0 Å². The molecule has 3 rings (SSSR count). The van der Waals surface area contributed by atoms with Crippen LogP contribution in [0.3, 0.4) is 0 Å². The van der Waals surface area contributed by atoms with Crippen LogP contribution < -0.4 is 10.1 Å². The van der Waals surface area contributed by atoms with Gasteiger partial charge in [-0.2, -0.15) is 0 Å². The largest absolute Gasteiger partial charge is 0.496 e. The van der Waals surface area contributed by atoms with Crippen molar-refractivity contribution in [3.63, 3.8) is 0 Å². The highest BCUT2D eigenvalue weighted by Gasteiger charge is 2.30. The molecule has 2 saturated heterocycles. The van der Waals surface area contributed by atoms with Crippen LogP contribution in [-0.2, 0) is 11.2 Å². The molecule has 2 fully saturated rings. The molecule has 2 unspecified atom stereocenters.